The predicted octanol–water partition coefficient (Wildman–Crippen LogP) is 4.05. The summed E-state index contributed by atoms with van der Waals surface area (Å²) in [4.78, 5) is 1.34. The maximum Gasteiger partial charge on any atom is 0.126 e. The molecule has 1 heterocycles. The molecule has 2 unspecified atom stereocenters. The second-order valence-corrected chi connectivity index (χ2v) is 6.35. The summed E-state index contributed by atoms with van der Waals surface area (Å²) < 4.78 is 26.4. The summed E-state index contributed by atoms with van der Waals surface area (Å²) in [6.07, 6.45) is 2.76. The second-order valence-electron chi connectivity index (χ2n) is 5.35. The lowest BCUT2D eigenvalue weighted by Gasteiger charge is -2.27. The summed E-state index contributed by atoms with van der Waals surface area (Å²) in [5.41, 5.74) is 1.72. The van der Waals surface area contributed by atoms with Gasteiger partial charge in [-0.1, -0.05) is 0 Å². The second kappa shape index (κ2) is 5.62. The summed E-state index contributed by atoms with van der Waals surface area (Å²) >= 11 is 1.73. The van der Waals surface area contributed by atoms with Crippen LogP contribution in [0, 0.1) is 11.6 Å². The fraction of sp³-hybridized carbons (Fsp3) is 0.375. The lowest BCUT2D eigenvalue weighted by molar-refractivity contribution is 0.135. The monoisotopic (exact) mass is 294 g/mol. The molecule has 1 nitrogen and oxygen atoms in total. The van der Waals surface area contributed by atoms with Gasteiger partial charge in [0.15, 0.2) is 0 Å². The summed E-state index contributed by atoms with van der Waals surface area (Å²) in [7, 11) is 0. The molecule has 3 rings (SSSR count). The number of hydrogen-bond donors (Lipinski definition) is 1. The van der Waals surface area contributed by atoms with Crippen molar-refractivity contribution in [3.8, 4) is 0 Å². The van der Waals surface area contributed by atoms with Gasteiger partial charge in [0.05, 0.1) is 6.10 Å². The van der Waals surface area contributed by atoms with Gasteiger partial charge in [-0.25, -0.2) is 8.78 Å². The molecular formula is C16H16F2OS. The van der Waals surface area contributed by atoms with Gasteiger partial charge in [0.1, 0.15) is 11.6 Å². The molecule has 1 aliphatic carbocycles. The van der Waals surface area contributed by atoms with Crippen LogP contribution < -0.4 is 0 Å². The van der Waals surface area contributed by atoms with E-state index in [0.717, 1.165) is 25.3 Å². The Hall–Kier alpha value is -1.26. The molecule has 0 radical (unpaired) electrons. The predicted molar refractivity (Wildman–Crippen MR) is 76.1 cm³/mol. The molecule has 0 aliphatic heterocycles. The van der Waals surface area contributed by atoms with Crippen LogP contribution in [0.3, 0.4) is 0 Å². The number of halogens is 2. The number of benzene rings is 1. The van der Waals surface area contributed by atoms with E-state index < -0.39 is 17.7 Å². The minimum Gasteiger partial charge on any atom is -0.392 e. The molecule has 0 spiro atoms. The lowest BCUT2D eigenvalue weighted by atomic mass is 9.82. The van der Waals surface area contributed by atoms with E-state index in [-0.39, 0.29) is 12.3 Å². The highest BCUT2D eigenvalue weighted by Crippen LogP contribution is 2.37. The first kappa shape index (κ1) is 13.7. The minimum atomic E-state index is -0.593. The van der Waals surface area contributed by atoms with E-state index in [1.807, 2.05) is 0 Å². The number of rotatable bonds is 3. The Balaban J connectivity index is 1.79. The van der Waals surface area contributed by atoms with Gasteiger partial charge in [0.25, 0.3) is 0 Å². The zero-order chi connectivity index (χ0) is 14.1. The van der Waals surface area contributed by atoms with Crippen LogP contribution in [0.5, 0.6) is 0 Å². The number of hydrogen-bond acceptors (Lipinski definition) is 2. The van der Waals surface area contributed by atoms with Crippen LogP contribution in [0.15, 0.2) is 29.6 Å². The summed E-state index contributed by atoms with van der Waals surface area (Å²) in [5.74, 6) is -1.10. The van der Waals surface area contributed by atoms with Crippen LogP contribution in [-0.4, -0.2) is 11.2 Å². The van der Waals surface area contributed by atoms with E-state index in [9.17, 15) is 13.9 Å². The Morgan fingerprint density at radius 1 is 1.25 bits per heavy atom. The molecule has 0 amide bonds. The van der Waals surface area contributed by atoms with E-state index in [4.69, 9.17) is 0 Å². The van der Waals surface area contributed by atoms with E-state index in [1.54, 1.807) is 11.3 Å². The van der Waals surface area contributed by atoms with Crippen LogP contribution in [0.4, 0.5) is 8.78 Å². The number of thiophene rings is 1. The Bertz CT molecular complexity index is 588. The molecule has 4 heteroatoms. The molecular weight excluding hydrogens is 278 g/mol. The van der Waals surface area contributed by atoms with Gasteiger partial charge in [-0.15, -0.1) is 11.3 Å². The van der Waals surface area contributed by atoms with Crippen molar-refractivity contribution in [2.45, 2.75) is 37.7 Å². The van der Waals surface area contributed by atoms with Gasteiger partial charge in [0, 0.05) is 16.9 Å². The van der Waals surface area contributed by atoms with Crippen LogP contribution in [0.25, 0.3) is 0 Å². The van der Waals surface area contributed by atoms with Crippen LogP contribution >= 0.6 is 11.3 Å². The molecule has 0 fully saturated rings. The van der Waals surface area contributed by atoms with Crippen molar-refractivity contribution >= 4 is 11.3 Å². The molecule has 0 saturated heterocycles. The van der Waals surface area contributed by atoms with Gasteiger partial charge in [0.2, 0.25) is 0 Å². The van der Waals surface area contributed by atoms with Crippen LogP contribution in [0.2, 0.25) is 0 Å². The van der Waals surface area contributed by atoms with Crippen molar-refractivity contribution in [2.24, 2.45) is 0 Å². The normalized spacial score (nSPS) is 19.6. The number of aliphatic hydroxyl groups excluding tert-OH is 1. The molecule has 0 bridgehead atoms. The quantitative estimate of drug-likeness (QED) is 0.905. The first-order valence-electron chi connectivity index (χ1n) is 6.83. The van der Waals surface area contributed by atoms with Crippen molar-refractivity contribution in [1.29, 1.82) is 0 Å². The number of fused-ring (bicyclic) bond motifs is 1. The molecule has 106 valence electrons. The SMILES string of the molecule is OC(Cc1cc(F)cc(F)c1)C1CCCc2sccc21. The maximum atomic E-state index is 13.2. The lowest BCUT2D eigenvalue weighted by Crippen LogP contribution is -2.24. The third-order valence-electron chi connectivity index (χ3n) is 3.93. The zero-order valence-electron chi connectivity index (χ0n) is 11.0. The van der Waals surface area contributed by atoms with Crippen molar-refractivity contribution in [3.63, 3.8) is 0 Å². The van der Waals surface area contributed by atoms with Crippen molar-refractivity contribution in [1.82, 2.24) is 0 Å². The third kappa shape index (κ3) is 2.76. The molecule has 1 aliphatic rings. The summed E-state index contributed by atoms with van der Waals surface area (Å²) in [5, 5.41) is 12.5. The summed E-state index contributed by atoms with van der Waals surface area (Å²) in [6, 6.07) is 5.51. The number of aryl methyl sites for hydroxylation is 1. The van der Waals surface area contributed by atoms with Crippen LogP contribution in [0.1, 0.15) is 34.8 Å². The molecule has 20 heavy (non-hydrogen) atoms. The maximum absolute atomic E-state index is 13.2. The van der Waals surface area contributed by atoms with E-state index >= 15 is 0 Å². The van der Waals surface area contributed by atoms with Gasteiger partial charge in [-0.3, -0.25) is 0 Å². The van der Waals surface area contributed by atoms with E-state index in [2.05, 4.69) is 11.4 Å². The highest BCUT2D eigenvalue weighted by Gasteiger charge is 2.27. The highest BCUT2D eigenvalue weighted by atomic mass is 32.1. The largest absolute Gasteiger partial charge is 0.392 e. The molecule has 2 atom stereocenters. The average Bonchev–Trinajstić information content (AvgIpc) is 2.85. The standard InChI is InChI=1S/C16H16F2OS/c17-11-6-10(7-12(18)9-11)8-15(19)13-2-1-3-16-14(13)4-5-20-16/h4-7,9,13,15,19H,1-3,8H2. The minimum absolute atomic E-state index is 0.0799. The highest BCUT2D eigenvalue weighted by molar-refractivity contribution is 7.10. The van der Waals surface area contributed by atoms with Gasteiger partial charge >= 0.3 is 0 Å². The van der Waals surface area contributed by atoms with Crippen LogP contribution in [-0.2, 0) is 12.8 Å². The molecule has 1 aromatic carbocycles. The third-order valence-corrected chi connectivity index (χ3v) is 4.93. The van der Waals surface area contributed by atoms with Crippen molar-refractivity contribution < 1.29 is 13.9 Å². The van der Waals surface area contributed by atoms with Crippen molar-refractivity contribution in [2.75, 3.05) is 0 Å². The molecule has 2 aromatic rings. The topological polar surface area (TPSA) is 20.2 Å². The molecule has 1 N–H and O–H groups in total. The average molecular weight is 294 g/mol. The number of aliphatic hydroxyl groups is 1. The Labute approximate surface area is 120 Å². The van der Waals surface area contributed by atoms with Crippen molar-refractivity contribution in [3.05, 3.63) is 57.3 Å². The van der Waals surface area contributed by atoms with Gasteiger partial charge in [-0.2, -0.15) is 0 Å². The smallest absolute Gasteiger partial charge is 0.126 e. The Morgan fingerprint density at radius 2 is 2.00 bits per heavy atom. The fourth-order valence-corrected chi connectivity index (χ4v) is 4.03. The summed E-state index contributed by atoms with van der Waals surface area (Å²) in [6.45, 7) is 0. The van der Waals surface area contributed by atoms with Gasteiger partial charge in [-0.05, 0) is 60.4 Å². The first-order chi connectivity index (χ1) is 9.63. The fourth-order valence-electron chi connectivity index (χ4n) is 3.03. The molecule has 1 aromatic heterocycles. The van der Waals surface area contributed by atoms with E-state index in [0.29, 0.717) is 5.56 Å². The Kier molecular flexibility index (Phi) is 3.85. The first-order valence-corrected chi connectivity index (χ1v) is 7.71. The molecule has 0 saturated carbocycles. The zero-order valence-corrected chi connectivity index (χ0v) is 11.8. The van der Waals surface area contributed by atoms with Gasteiger partial charge < -0.3 is 5.11 Å². The van der Waals surface area contributed by atoms with E-state index in [1.165, 1.54) is 22.6 Å². The Morgan fingerprint density at radius 3 is 2.75 bits per heavy atom.